The largest absolute Gasteiger partial charge is 0.453 e. The second kappa shape index (κ2) is 11.2. The van der Waals surface area contributed by atoms with Crippen LogP contribution in [0.2, 0.25) is 0 Å². The van der Waals surface area contributed by atoms with Crippen molar-refractivity contribution in [2.24, 2.45) is 0 Å². The number of carbonyl (C=O) groups excluding carboxylic acids is 1. The Bertz CT molecular complexity index is 994. The van der Waals surface area contributed by atoms with Gasteiger partial charge in [0.2, 0.25) is 0 Å². The molecule has 0 atom stereocenters. The number of methoxy groups -OCH3 is 1. The quantitative estimate of drug-likeness (QED) is 0.338. The number of nitrogens with two attached hydrogens (primary N) is 1. The highest BCUT2D eigenvalue weighted by Crippen LogP contribution is 2.34. The SMILES string of the molecule is CNc1ccc([N+](=O)[O-])c(N(C)C)c1.COC(=O)Nc1cc(N(C)C)c([N+](=O)[O-])cc1N. The first-order valence-electron chi connectivity index (χ1n) is 9.16. The van der Waals surface area contributed by atoms with Crippen molar-refractivity contribution in [3.8, 4) is 0 Å². The number of anilines is 5. The van der Waals surface area contributed by atoms with Crippen molar-refractivity contribution in [2.75, 3.05) is 68.5 Å². The second-order valence-corrected chi connectivity index (χ2v) is 6.80. The first-order chi connectivity index (χ1) is 14.9. The zero-order chi connectivity index (χ0) is 24.6. The molecule has 0 aliphatic heterocycles. The maximum absolute atomic E-state index is 11.1. The van der Waals surface area contributed by atoms with Gasteiger partial charge in [-0.2, -0.15) is 0 Å². The third-order valence-corrected chi connectivity index (χ3v) is 4.19. The van der Waals surface area contributed by atoms with Crippen molar-refractivity contribution >= 4 is 45.9 Å². The van der Waals surface area contributed by atoms with Crippen molar-refractivity contribution in [1.82, 2.24) is 0 Å². The lowest BCUT2D eigenvalue weighted by molar-refractivity contribution is -0.384. The third kappa shape index (κ3) is 6.62. The molecule has 1 amide bonds. The molecule has 0 heterocycles. The third-order valence-electron chi connectivity index (χ3n) is 4.19. The van der Waals surface area contributed by atoms with Gasteiger partial charge in [-0.1, -0.05) is 0 Å². The Labute approximate surface area is 185 Å². The van der Waals surface area contributed by atoms with Gasteiger partial charge >= 0.3 is 6.09 Å². The fourth-order valence-electron chi connectivity index (χ4n) is 2.56. The maximum Gasteiger partial charge on any atom is 0.411 e. The van der Waals surface area contributed by atoms with Crippen LogP contribution in [0.4, 0.5) is 44.6 Å². The number of carbonyl (C=O) groups is 1. The Hall–Kier alpha value is -4.29. The standard InChI is InChI=1S/C10H14N4O4.C9H13N3O2/c1-13(2)8-5-7(12-10(15)18-3)6(11)4-9(8)14(16)17;1-10-7-4-5-8(12(13)14)9(6-7)11(2)3/h4-5H,11H2,1-3H3,(H,12,15);4-6,10H,1-3H3. The predicted octanol–water partition coefficient (Wildman–Crippen LogP) is 3.12. The lowest BCUT2D eigenvalue weighted by atomic mass is 10.2. The van der Waals surface area contributed by atoms with Gasteiger partial charge in [-0.05, 0) is 18.2 Å². The summed E-state index contributed by atoms with van der Waals surface area (Å²) in [6.07, 6.45) is -0.694. The first-order valence-corrected chi connectivity index (χ1v) is 9.16. The van der Waals surface area contributed by atoms with Gasteiger partial charge in [-0.3, -0.25) is 25.5 Å². The van der Waals surface area contributed by atoms with Crippen LogP contribution in [0.1, 0.15) is 0 Å². The number of rotatable bonds is 6. The summed E-state index contributed by atoms with van der Waals surface area (Å²) in [7, 11) is 9.86. The number of hydrogen-bond donors (Lipinski definition) is 3. The van der Waals surface area contributed by atoms with Gasteiger partial charge in [0.25, 0.3) is 11.4 Å². The summed E-state index contributed by atoms with van der Waals surface area (Å²) < 4.78 is 4.43. The minimum atomic E-state index is -0.694. The summed E-state index contributed by atoms with van der Waals surface area (Å²) >= 11 is 0. The minimum Gasteiger partial charge on any atom is -0.453 e. The molecule has 0 aliphatic rings. The maximum atomic E-state index is 11.1. The predicted molar refractivity (Wildman–Crippen MR) is 125 cm³/mol. The molecule has 0 aliphatic carbocycles. The zero-order valence-electron chi connectivity index (χ0n) is 18.7. The van der Waals surface area contributed by atoms with E-state index in [1.165, 1.54) is 25.3 Å². The fraction of sp³-hybridized carbons (Fsp3) is 0.316. The number of ether oxygens (including phenoxy) is 1. The van der Waals surface area contributed by atoms with E-state index in [4.69, 9.17) is 5.73 Å². The first kappa shape index (κ1) is 25.7. The Morgan fingerprint density at radius 1 is 0.969 bits per heavy atom. The molecule has 0 spiro atoms. The van der Waals surface area contributed by atoms with Crippen LogP contribution in [0.3, 0.4) is 0 Å². The summed E-state index contributed by atoms with van der Waals surface area (Å²) in [5.74, 6) is 0. The Morgan fingerprint density at radius 2 is 1.50 bits per heavy atom. The number of nitrogens with zero attached hydrogens (tertiary/aromatic N) is 4. The minimum absolute atomic E-state index is 0.0951. The lowest BCUT2D eigenvalue weighted by Crippen LogP contribution is -2.15. The average Bonchev–Trinajstić information content (AvgIpc) is 2.74. The summed E-state index contributed by atoms with van der Waals surface area (Å²) in [5.41, 5.74) is 7.77. The van der Waals surface area contributed by atoms with Crippen LogP contribution in [0.5, 0.6) is 0 Å². The van der Waals surface area contributed by atoms with E-state index in [1.807, 2.05) is 0 Å². The lowest BCUT2D eigenvalue weighted by Gasteiger charge is -2.15. The molecule has 0 bridgehead atoms. The van der Waals surface area contributed by atoms with Crippen LogP contribution in [-0.2, 0) is 4.74 Å². The molecule has 174 valence electrons. The molecule has 0 aromatic heterocycles. The molecule has 0 radical (unpaired) electrons. The summed E-state index contributed by atoms with van der Waals surface area (Å²) in [6.45, 7) is 0. The topological polar surface area (TPSA) is 169 Å². The number of nitrogens with one attached hydrogen (secondary N) is 2. The highest BCUT2D eigenvalue weighted by atomic mass is 16.6. The summed E-state index contributed by atoms with van der Waals surface area (Å²) in [4.78, 5) is 35.0. The number of hydrogen-bond acceptors (Lipinski definition) is 10. The number of nitro benzene ring substituents is 2. The Morgan fingerprint density at radius 3 is 1.94 bits per heavy atom. The fourth-order valence-corrected chi connectivity index (χ4v) is 2.56. The van der Waals surface area contributed by atoms with E-state index in [9.17, 15) is 25.0 Å². The average molecular weight is 449 g/mol. The molecule has 2 aromatic carbocycles. The van der Waals surface area contributed by atoms with Crippen molar-refractivity contribution in [2.45, 2.75) is 0 Å². The molecule has 13 nitrogen and oxygen atoms in total. The summed E-state index contributed by atoms with van der Waals surface area (Å²) in [6, 6.07) is 7.55. The van der Waals surface area contributed by atoms with Gasteiger partial charge in [0.05, 0.1) is 28.3 Å². The highest BCUT2D eigenvalue weighted by molar-refractivity contribution is 5.91. The van der Waals surface area contributed by atoms with Gasteiger partial charge < -0.3 is 25.6 Å². The monoisotopic (exact) mass is 449 g/mol. The van der Waals surface area contributed by atoms with Crippen LogP contribution < -0.4 is 26.2 Å². The molecular formula is C19H27N7O6. The molecular weight excluding hydrogens is 422 g/mol. The molecule has 4 N–H and O–H groups in total. The van der Waals surface area contributed by atoms with Gasteiger partial charge in [0, 0.05) is 53.1 Å². The van der Waals surface area contributed by atoms with Crippen molar-refractivity contribution in [3.63, 3.8) is 0 Å². The Kier molecular flexibility index (Phi) is 9.01. The van der Waals surface area contributed by atoms with E-state index < -0.39 is 11.0 Å². The second-order valence-electron chi connectivity index (χ2n) is 6.80. The number of nitro groups is 2. The van der Waals surface area contributed by atoms with Crippen LogP contribution in [0.15, 0.2) is 30.3 Å². The molecule has 2 aromatic rings. The van der Waals surface area contributed by atoms with E-state index in [0.29, 0.717) is 11.4 Å². The van der Waals surface area contributed by atoms with Crippen LogP contribution >= 0.6 is 0 Å². The number of benzene rings is 2. The van der Waals surface area contributed by atoms with Crippen molar-refractivity contribution in [3.05, 3.63) is 50.6 Å². The van der Waals surface area contributed by atoms with Crippen molar-refractivity contribution < 1.29 is 19.4 Å². The van der Waals surface area contributed by atoms with E-state index >= 15 is 0 Å². The van der Waals surface area contributed by atoms with Crippen LogP contribution in [0, 0.1) is 20.2 Å². The van der Waals surface area contributed by atoms with E-state index in [0.717, 1.165) is 5.69 Å². The molecule has 0 unspecified atom stereocenters. The van der Waals surface area contributed by atoms with Crippen LogP contribution in [0.25, 0.3) is 0 Å². The van der Waals surface area contributed by atoms with Crippen molar-refractivity contribution in [1.29, 1.82) is 0 Å². The molecule has 0 fully saturated rings. The molecule has 0 saturated heterocycles. The van der Waals surface area contributed by atoms with Crippen LogP contribution in [-0.4, -0.2) is 58.3 Å². The molecule has 13 heteroatoms. The van der Waals surface area contributed by atoms with E-state index in [1.54, 1.807) is 57.2 Å². The number of nitrogen functional groups attached to an aromatic ring is 1. The van der Waals surface area contributed by atoms with Gasteiger partial charge in [-0.25, -0.2) is 4.79 Å². The zero-order valence-corrected chi connectivity index (χ0v) is 18.7. The summed E-state index contributed by atoms with van der Waals surface area (Å²) in [5, 5.41) is 26.9. The van der Waals surface area contributed by atoms with E-state index in [-0.39, 0.29) is 27.7 Å². The smallest absolute Gasteiger partial charge is 0.411 e. The number of amides is 1. The van der Waals surface area contributed by atoms with E-state index in [2.05, 4.69) is 15.4 Å². The highest BCUT2D eigenvalue weighted by Gasteiger charge is 2.19. The van der Waals surface area contributed by atoms with Gasteiger partial charge in [0.1, 0.15) is 11.4 Å². The Balaban J connectivity index is 0.000000330. The molecule has 2 rings (SSSR count). The normalized spacial score (nSPS) is 9.69. The molecule has 0 saturated carbocycles. The van der Waals surface area contributed by atoms with Gasteiger partial charge in [-0.15, -0.1) is 0 Å². The molecule has 32 heavy (non-hydrogen) atoms. The van der Waals surface area contributed by atoms with Gasteiger partial charge in [0.15, 0.2) is 0 Å².